The molecule has 0 aromatic rings. The normalized spacial score (nSPS) is 12.2. The number of rotatable bonds is 5. The van der Waals surface area contributed by atoms with Gasteiger partial charge in [-0.15, -0.1) is 0 Å². The van der Waals surface area contributed by atoms with Crippen LogP contribution in [0, 0.1) is 0 Å². The number of hydrogen-bond acceptors (Lipinski definition) is 3. The molecule has 0 bridgehead atoms. The molecule has 1 unspecified atom stereocenters. The second kappa shape index (κ2) is 6.37. The minimum Gasteiger partial charge on any atom is -0.461 e. The van der Waals surface area contributed by atoms with E-state index in [2.05, 4.69) is 27.2 Å². The van der Waals surface area contributed by atoms with E-state index in [4.69, 9.17) is 5.11 Å². The Kier molecular flexibility index (Phi) is 6.16. The molecule has 0 aliphatic heterocycles. The molecule has 4 heteroatoms. The number of halogens is 1. The van der Waals surface area contributed by atoms with E-state index in [1.165, 1.54) is 6.08 Å². The van der Waals surface area contributed by atoms with Gasteiger partial charge in [-0.2, -0.15) is 0 Å². The first kappa shape index (κ1) is 10.7. The van der Waals surface area contributed by atoms with Crippen LogP contribution in [-0.2, 0) is 9.53 Å². The van der Waals surface area contributed by atoms with Gasteiger partial charge in [0.25, 0.3) is 0 Å². The number of ether oxygens (including phenoxy) is 1. The van der Waals surface area contributed by atoms with Crippen LogP contribution in [0.25, 0.3) is 0 Å². The van der Waals surface area contributed by atoms with Crippen molar-refractivity contribution in [3.63, 3.8) is 0 Å². The van der Waals surface area contributed by atoms with E-state index in [0.29, 0.717) is 0 Å². The van der Waals surface area contributed by atoms with Gasteiger partial charge in [-0.1, -0.05) is 28.6 Å². The summed E-state index contributed by atoms with van der Waals surface area (Å²) in [5.74, 6) is -0.333. The molecule has 0 aromatic heterocycles. The summed E-state index contributed by atoms with van der Waals surface area (Å²) < 4.78 is 4.67. The lowest BCUT2D eigenvalue weighted by Crippen LogP contribution is -2.13. The highest BCUT2D eigenvalue weighted by Crippen LogP contribution is 2.04. The molecule has 0 amide bonds. The fraction of sp³-hybridized carbons (Fsp3) is 0.571. The van der Waals surface area contributed by atoms with Crippen LogP contribution in [0.1, 0.15) is 6.42 Å². The van der Waals surface area contributed by atoms with Crippen LogP contribution in [0.3, 0.4) is 0 Å². The van der Waals surface area contributed by atoms with E-state index >= 15 is 0 Å². The first-order chi connectivity index (χ1) is 5.20. The number of aliphatic hydroxyl groups excluding tert-OH is 1. The average Bonchev–Trinajstić information content (AvgIpc) is 2.00. The molecule has 0 aliphatic carbocycles. The molecule has 0 saturated carbocycles. The van der Waals surface area contributed by atoms with Crippen LogP contribution in [0.2, 0.25) is 0 Å². The van der Waals surface area contributed by atoms with Crippen molar-refractivity contribution < 1.29 is 14.6 Å². The number of alkyl halides is 1. The first-order valence-corrected chi connectivity index (χ1v) is 4.13. The predicted octanol–water partition coefficient (Wildman–Crippen LogP) is 0.861. The third-order valence-electron chi connectivity index (χ3n) is 0.948. The zero-order valence-electron chi connectivity index (χ0n) is 6.12. The molecule has 64 valence electrons. The molecule has 0 rings (SSSR count). The summed E-state index contributed by atoms with van der Waals surface area (Å²) >= 11 is 3.09. The van der Waals surface area contributed by atoms with E-state index in [9.17, 15) is 4.79 Å². The maximum Gasteiger partial charge on any atom is 0.307 e. The summed E-state index contributed by atoms with van der Waals surface area (Å²) in [4.78, 5) is 10.6. The summed E-state index contributed by atoms with van der Waals surface area (Å²) in [5.41, 5.74) is 0. The molecule has 1 atom stereocenters. The van der Waals surface area contributed by atoms with Gasteiger partial charge in [-0.05, 0) is 0 Å². The summed E-state index contributed by atoms with van der Waals surface area (Å²) in [5, 5.41) is 8.53. The monoisotopic (exact) mass is 222 g/mol. The summed E-state index contributed by atoms with van der Waals surface area (Å²) in [6.07, 6.45) is 1.68. The highest BCUT2D eigenvalue weighted by atomic mass is 79.9. The number of carbonyl (C=O) groups is 1. The van der Waals surface area contributed by atoms with Crippen molar-refractivity contribution in [2.45, 2.75) is 11.2 Å². The summed E-state index contributed by atoms with van der Waals surface area (Å²) in [7, 11) is 0. The predicted molar refractivity (Wildman–Crippen MR) is 45.6 cm³/mol. The molecule has 0 heterocycles. The van der Waals surface area contributed by atoms with Gasteiger partial charge in [0, 0.05) is 4.83 Å². The van der Waals surface area contributed by atoms with Gasteiger partial charge in [0.15, 0.2) is 0 Å². The lowest BCUT2D eigenvalue weighted by Gasteiger charge is -2.04. The Balaban J connectivity index is 3.43. The van der Waals surface area contributed by atoms with E-state index in [1.54, 1.807) is 0 Å². The van der Waals surface area contributed by atoms with E-state index in [0.717, 1.165) is 0 Å². The molecular formula is C7H11BrO3. The van der Waals surface area contributed by atoms with Crippen LogP contribution < -0.4 is 0 Å². The van der Waals surface area contributed by atoms with E-state index in [1.807, 2.05) is 0 Å². The quantitative estimate of drug-likeness (QED) is 0.427. The molecule has 3 nitrogen and oxygen atoms in total. The van der Waals surface area contributed by atoms with Crippen LogP contribution >= 0.6 is 15.9 Å². The zero-order chi connectivity index (χ0) is 8.69. The fourth-order valence-electron chi connectivity index (χ4n) is 0.456. The van der Waals surface area contributed by atoms with Crippen molar-refractivity contribution in [3.05, 3.63) is 12.7 Å². The zero-order valence-corrected chi connectivity index (χ0v) is 7.71. The summed E-state index contributed by atoms with van der Waals surface area (Å²) in [6.45, 7) is 3.55. The minimum absolute atomic E-state index is 0.0663. The molecular weight excluding hydrogens is 212 g/mol. The Labute approximate surface area is 74.2 Å². The lowest BCUT2D eigenvalue weighted by molar-refractivity contribution is -0.142. The lowest BCUT2D eigenvalue weighted by atomic mass is 10.3. The van der Waals surface area contributed by atoms with E-state index < -0.39 is 0 Å². The SMILES string of the molecule is C=CCOC(=O)CC(Br)CO. The van der Waals surface area contributed by atoms with Gasteiger partial charge in [0.1, 0.15) is 6.61 Å². The highest BCUT2D eigenvalue weighted by molar-refractivity contribution is 9.09. The Morgan fingerprint density at radius 1 is 1.82 bits per heavy atom. The third kappa shape index (κ3) is 6.06. The molecule has 0 aliphatic rings. The van der Waals surface area contributed by atoms with Crippen molar-refractivity contribution in [2.75, 3.05) is 13.2 Å². The molecule has 11 heavy (non-hydrogen) atoms. The Morgan fingerprint density at radius 2 is 2.45 bits per heavy atom. The number of esters is 1. The second-order valence-corrected chi connectivity index (χ2v) is 3.25. The number of hydrogen-bond donors (Lipinski definition) is 1. The Hall–Kier alpha value is -0.350. The number of carbonyl (C=O) groups excluding carboxylic acids is 1. The second-order valence-electron chi connectivity index (χ2n) is 1.96. The van der Waals surface area contributed by atoms with Gasteiger partial charge in [-0.3, -0.25) is 4.79 Å². The van der Waals surface area contributed by atoms with Crippen molar-refractivity contribution in [3.8, 4) is 0 Å². The molecule has 0 aromatic carbocycles. The van der Waals surface area contributed by atoms with Crippen LogP contribution in [0.4, 0.5) is 0 Å². The van der Waals surface area contributed by atoms with Crippen molar-refractivity contribution in [2.24, 2.45) is 0 Å². The van der Waals surface area contributed by atoms with Gasteiger partial charge >= 0.3 is 5.97 Å². The third-order valence-corrected chi connectivity index (χ3v) is 1.56. The van der Waals surface area contributed by atoms with Crippen molar-refractivity contribution in [1.82, 2.24) is 0 Å². The maximum absolute atomic E-state index is 10.8. The average molecular weight is 223 g/mol. The van der Waals surface area contributed by atoms with E-state index in [-0.39, 0.29) is 30.4 Å². The van der Waals surface area contributed by atoms with Crippen LogP contribution in [-0.4, -0.2) is 29.1 Å². The van der Waals surface area contributed by atoms with Crippen LogP contribution in [0.15, 0.2) is 12.7 Å². The smallest absolute Gasteiger partial charge is 0.307 e. The molecule has 0 spiro atoms. The van der Waals surface area contributed by atoms with Crippen molar-refractivity contribution >= 4 is 21.9 Å². The molecule has 1 N–H and O–H groups in total. The molecule has 0 saturated heterocycles. The standard InChI is InChI=1S/C7H11BrO3/c1-2-3-11-7(10)4-6(8)5-9/h2,6,9H,1,3-5H2. The van der Waals surface area contributed by atoms with Gasteiger partial charge in [0.05, 0.1) is 13.0 Å². The summed E-state index contributed by atoms with van der Waals surface area (Å²) in [6, 6.07) is 0. The largest absolute Gasteiger partial charge is 0.461 e. The Morgan fingerprint density at radius 3 is 2.91 bits per heavy atom. The highest BCUT2D eigenvalue weighted by Gasteiger charge is 2.09. The van der Waals surface area contributed by atoms with Crippen molar-refractivity contribution in [1.29, 1.82) is 0 Å². The molecule has 0 fully saturated rings. The minimum atomic E-state index is -0.333. The van der Waals surface area contributed by atoms with Gasteiger partial charge < -0.3 is 9.84 Å². The van der Waals surface area contributed by atoms with Gasteiger partial charge in [-0.25, -0.2) is 0 Å². The maximum atomic E-state index is 10.8. The topological polar surface area (TPSA) is 46.5 Å². The number of aliphatic hydroxyl groups is 1. The fourth-order valence-corrected chi connectivity index (χ4v) is 0.721. The van der Waals surface area contributed by atoms with Gasteiger partial charge in [0.2, 0.25) is 0 Å². The Bertz CT molecular complexity index is 136. The first-order valence-electron chi connectivity index (χ1n) is 3.22. The van der Waals surface area contributed by atoms with Crippen LogP contribution in [0.5, 0.6) is 0 Å². The molecule has 0 radical (unpaired) electrons.